The zero-order valence-electron chi connectivity index (χ0n) is 18.1. The molecule has 1 atom stereocenters. The molecule has 0 bridgehead atoms. The van der Waals surface area contributed by atoms with Gasteiger partial charge in [-0.25, -0.2) is 13.6 Å². The molecule has 1 N–H and O–H groups in total. The SMILES string of the molecule is CC(C)C(NC(=O)c1c(F)cccc1F)C(=O)N1CCN(C(=O)N2CCCCC2)CC1. The number of likely N-dealkylation sites (tertiary alicyclic amines) is 1. The van der Waals surface area contributed by atoms with Gasteiger partial charge in [-0.05, 0) is 37.3 Å². The quantitative estimate of drug-likeness (QED) is 0.788. The summed E-state index contributed by atoms with van der Waals surface area (Å²) in [6.07, 6.45) is 3.18. The maximum absolute atomic E-state index is 13.9. The van der Waals surface area contributed by atoms with Gasteiger partial charge < -0.3 is 20.0 Å². The number of rotatable bonds is 4. The van der Waals surface area contributed by atoms with Crippen molar-refractivity contribution in [2.45, 2.75) is 39.2 Å². The molecule has 0 aliphatic carbocycles. The van der Waals surface area contributed by atoms with Gasteiger partial charge in [0.2, 0.25) is 5.91 Å². The van der Waals surface area contributed by atoms with Crippen molar-refractivity contribution in [3.63, 3.8) is 0 Å². The van der Waals surface area contributed by atoms with Crippen molar-refractivity contribution in [2.75, 3.05) is 39.3 Å². The lowest BCUT2D eigenvalue weighted by Crippen LogP contribution is -2.58. The number of benzene rings is 1. The minimum atomic E-state index is -0.975. The molecule has 2 fully saturated rings. The van der Waals surface area contributed by atoms with Crippen LogP contribution in [0.2, 0.25) is 0 Å². The van der Waals surface area contributed by atoms with Crippen LogP contribution in [0.15, 0.2) is 18.2 Å². The first kappa shape index (κ1) is 23.0. The molecule has 3 rings (SSSR count). The highest BCUT2D eigenvalue weighted by Gasteiger charge is 2.33. The lowest BCUT2D eigenvalue weighted by atomic mass is 10.0. The third kappa shape index (κ3) is 5.32. The average Bonchev–Trinajstić information content (AvgIpc) is 2.77. The van der Waals surface area contributed by atoms with Gasteiger partial charge in [-0.2, -0.15) is 0 Å². The van der Waals surface area contributed by atoms with Crippen LogP contribution in [-0.2, 0) is 4.79 Å². The molecule has 1 unspecified atom stereocenters. The van der Waals surface area contributed by atoms with Crippen molar-refractivity contribution in [1.29, 1.82) is 0 Å². The average molecular weight is 437 g/mol. The second-order valence-electron chi connectivity index (χ2n) is 8.43. The van der Waals surface area contributed by atoms with Crippen LogP contribution in [0, 0.1) is 17.6 Å². The highest BCUT2D eigenvalue weighted by atomic mass is 19.1. The molecule has 1 aromatic carbocycles. The van der Waals surface area contributed by atoms with E-state index in [-0.39, 0.29) is 17.9 Å². The van der Waals surface area contributed by atoms with Gasteiger partial charge in [-0.1, -0.05) is 19.9 Å². The van der Waals surface area contributed by atoms with Crippen molar-refractivity contribution in [3.05, 3.63) is 35.4 Å². The molecule has 4 amide bonds. The third-order valence-corrected chi connectivity index (χ3v) is 5.90. The summed E-state index contributed by atoms with van der Waals surface area (Å²) in [5.74, 6) is -3.50. The summed E-state index contributed by atoms with van der Waals surface area (Å²) >= 11 is 0. The zero-order valence-corrected chi connectivity index (χ0v) is 18.1. The molecular formula is C22H30F2N4O3. The van der Waals surface area contributed by atoms with Crippen LogP contribution in [0.4, 0.5) is 13.6 Å². The minimum absolute atomic E-state index is 0.00976. The summed E-state index contributed by atoms with van der Waals surface area (Å²) in [5, 5.41) is 2.50. The van der Waals surface area contributed by atoms with Gasteiger partial charge in [0.25, 0.3) is 5.91 Å². The number of hydrogen-bond donors (Lipinski definition) is 1. The Morgan fingerprint density at radius 2 is 1.35 bits per heavy atom. The van der Waals surface area contributed by atoms with E-state index in [0.717, 1.165) is 44.5 Å². The third-order valence-electron chi connectivity index (χ3n) is 5.90. The first-order valence-electron chi connectivity index (χ1n) is 10.9. The fourth-order valence-corrected chi connectivity index (χ4v) is 4.04. The maximum atomic E-state index is 13.9. The van der Waals surface area contributed by atoms with E-state index in [0.29, 0.717) is 26.2 Å². The Hall–Kier alpha value is -2.71. The molecule has 31 heavy (non-hydrogen) atoms. The van der Waals surface area contributed by atoms with Gasteiger partial charge >= 0.3 is 6.03 Å². The summed E-state index contributed by atoms with van der Waals surface area (Å²) in [4.78, 5) is 43.4. The molecule has 2 aliphatic rings. The number of nitrogens with one attached hydrogen (secondary N) is 1. The lowest BCUT2D eigenvalue weighted by molar-refractivity contribution is -0.135. The molecule has 2 saturated heterocycles. The summed E-state index contributed by atoms with van der Waals surface area (Å²) in [6, 6.07) is 2.27. The molecule has 7 nitrogen and oxygen atoms in total. The van der Waals surface area contributed by atoms with E-state index in [4.69, 9.17) is 0 Å². The summed E-state index contributed by atoms with van der Waals surface area (Å²) in [6.45, 7) is 6.60. The standard InChI is InChI=1S/C22H30F2N4O3/c1-15(2)19(25-20(29)18-16(23)7-6-8-17(18)24)21(30)26-11-13-28(14-12-26)22(31)27-9-4-3-5-10-27/h6-8,15,19H,3-5,9-14H2,1-2H3,(H,25,29). The molecule has 170 valence electrons. The van der Waals surface area contributed by atoms with Crippen LogP contribution in [0.5, 0.6) is 0 Å². The van der Waals surface area contributed by atoms with Crippen molar-refractivity contribution >= 4 is 17.8 Å². The molecule has 0 radical (unpaired) electrons. The normalized spacial score (nSPS) is 18.2. The van der Waals surface area contributed by atoms with E-state index in [9.17, 15) is 23.2 Å². The van der Waals surface area contributed by atoms with Gasteiger partial charge in [0.1, 0.15) is 23.2 Å². The number of carbonyl (C=O) groups excluding carboxylic acids is 3. The summed E-state index contributed by atoms with van der Waals surface area (Å²) in [7, 11) is 0. The number of halogens is 2. The first-order valence-corrected chi connectivity index (χ1v) is 10.9. The Labute approximate surface area is 181 Å². The lowest BCUT2D eigenvalue weighted by Gasteiger charge is -2.40. The van der Waals surface area contributed by atoms with E-state index in [2.05, 4.69) is 5.32 Å². The largest absolute Gasteiger partial charge is 0.340 e. The first-order chi connectivity index (χ1) is 14.8. The Morgan fingerprint density at radius 1 is 0.839 bits per heavy atom. The highest BCUT2D eigenvalue weighted by molar-refractivity contribution is 5.98. The number of amides is 4. The zero-order chi connectivity index (χ0) is 22.5. The van der Waals surface area contributed by atoms with E-state index in [1.54, 1.807) is 23.6 Å². The Morgan fingerprint density at radius 3 is 1.90 bits per heavy atom. The van der Waals surface area contributed by atoms with Crippen LogP contribution in [-0.4, -0.2) is 77.9 Å². The van der Waals surface area contributed by atoms with Gasteiger partial charge in [-0.3, -0.25) is 9.59 Å². The number of hydrogen-bond acceptors (Lipinski definition) is 3. The minimum Gasteiger partial charge on any atom is -0.340 e. The summed E-state index contributed by atoms with van der Waals surface area (Å²) < 4.78 is 27.9. The second kappa shape index (κ2) is 10.1. The van der Waals surface area contributed by atoms with Gasteiger partial charge in [0.15, 0.2) is 0 Å². The Kier molecular flexibility index (Phi) is 7.46. The maximum Gasteiger partial charge on any atom is 0.320 e. The fraction of sp³-hybridized carbons (Fsp3) is 0.591. The van der Waals surface area contributed by atoms with Crippen LogP contribution < -0.4 is 5.32 Å². The fourth-order valence-electron chi connectivity index (χ4n) is 4.04. The molecule has 0 saturated carbocycles. The summed E-state index contributed by atoms with van der Waals surface area (Å²) in [5.41, 5.74) is -0.696. The van der Waals surface area contributed by atoms with Crippen molar-refractivity contribution < 1.29 is 23.2 Å². The van der Waals surface area contributed by atoms with Crippen molar-refractivity contribution in [3.8, 4) is 0 Å². The van der Waals surface area contributed by atoms with Gasteiger partial charge in [0.05, 0.1) is 0 Å². The molecule has 1 aromatic rings. The molecule has 0 spiro atoms. The van der Waals surface area contributed by atoms with Gasteiger partial charge in [0, 0.05) is 39.3 Å². The Balaban J connectivity index is 1.61. The van der Waals surface area contributed by atoms with Crippen LogP contribution in [0.1, 0.15) is 43.5 Å². The molecule has 2 aliphatic heterocycles. The number of carbonyl (C=O) groups is 3. The van der Waals surface area contributed by atoms with Crippen LogP contribution in [0.25, 0.3) is 0 Å². The van der Waals surface area contributed by atoms with Crippen LogP contribution in [0.3, 0.4) is 0 Å². The monoisotopic (exact) mass is 436 g/mol. The predicted molar refractivity (Wildman–Crippen MR) is 111 cm³/mol. The number of nitrogens with zero attached hydrogens (tertiary/aromatic N) is 3. The predicted octanol–water partition coefficient (Wildman–Crippen LogP) is 2.47. The second-order valence-corrected chi connectivity index (χ2v) is 8.43. The van der Waals surface area contributed by atoms with E-state index in [1.807, 2.05) is 4.90 Å². The smallest absolute Gasteiger partial charge is 0.320 e. The Bertz CT molecular complexity index is 799. The van der Waals surface area contributed by atoms with Crippen LogP contribution >= 0.6 is 0 Å². The molecule has 2 heterocycles. The van der Waals surface area contributed by atoms with E-state index < -0.39 is 29.1 Å². The molecular weight excluding hydrogens is 406 g/mol. The highest BCUT2D eigenvalue weighted by Crippen LogP contribution is 2.16. The van der Waals surface area contributed by atoms with Crippen molar-refractivity contribution in [2.24, 2.45) is 5.92 Å². The number of piperazine rings is 1. The molecule has 9 heteroatoms. The number of piperidine rings is 1. The molecule has 0 aromatic heterocycles. The van der Waals surface area contributed by atoms with Crippen molar-refractivity contribution in [1.82, 2.24) is 20.0 Å². The topological polar surface area (TPSA) is 73.0 Å². The van der Waals surface area contributed by atoms with Gasteiger partial charge in [-0.15, -0.1) is 0 Å². The van der Waals surface area contributed by atoms with E-state index in [1.165, 1.54) is 6.07 Å². The number of urea groups is 1. The van der Waals surface area contributed by atoms with E-state index >= 15 is 0 Å².